The molecule has 1 fully saturated rings. The highest BCUT2D eigenvalue weighted by Gasteiger charge is 2.24. The Kier molecular flexibility index (Phi) is 6.33. The Morgan fingerprint density at radius 2 is 1.76 bits per heavy atom. The molecule has 0 N–H and O–H groups in total. The summed E-state index contributed by atoms with van der Waals surface area (Å²) in [6.07, 6.45) is 4.52. The number of halogens is 1. The number of pyridine rings is 2. The molecule has 33 heavy (non-hydrogen) atoms. The molecular weight excluding hydrogens is 432 g/mol. The van der Waals surface area contributed by atoms with Gasteiger partial charge in [0.2, 0.25) is 0 Å². The van der Waals surface area contributed by atoms with E-state index < -0.39 is 0 Å². The molecule has 1 amide bonds. The van der Waals surface area contributed by atoms with Crippen molar-refractivity contribution in [3.63, 3.8) is 0 Å². The Balaban J connectivity index is 1.35. The number of hydrogen-bond donors (Lipinski definition) is 0. The van der Waals surface area contributed by atoms with E-state index in [1.54, 1.807) is 12.4 Å². The van der Waals surface area contributed by atoms with Crippen LogP contribution in [0.15, 0.2) is 79.1 Å². The number of aromatic nitrogens is 2. The predicted octanol–water partition coefficient (Wildman–Crippen LogP) is 4.95. The molecule has 0 saturated carbocycles. The van der Waals surface area contributed by atoms with Crippen molar-refractivity contribution in [2.24, 2.45) is 0 Å². The van der Waals surface area contributed by atoms with Crippen molar-refractivity contribution in [2.45, 2.75) is 6.42 Å². The van der Waals surface area contributed by atoms with E-state index in [2.05, 4.69) is 34.1 Å². The van der Waals surface area contributed by atoms with Crippen molar-refractivity contribution in [2.75, 3.05) is 32.7 Å². The van der Waals surface area contributed by atoms with E-state index >= 15 is 0 Å². The van der Waals surface area contributed by atoms with Crippen LogP contribution in [0.25, 0.3) is 22.2 Å². The lowest BCUT2D eigenvalue weighted by Gasteiger charge is -2.35. The lowest BCUT2D eigenvalue weighted by Crippen LogP contribution is -2.49. The summed E-state index contributed by atoms with van der Waals surface area (Å²) in [4.78, 5) is 27.0. The van der Waals surface area contributed by atoms with Crippen LogP contribution in [-0.2, 0) is 6.42 Å². The summed E-state index contributed by atoms with van der Waals surface area (Å²) in [5.41, 5.74) is 4.36. The zero-order chi connectivity index (χ0) is 22.6. The van der Waals surface area contributed by atoms with Gasteiger partial charge in [-0.25, -0.2) is 4.98 Å². The molecule has 0 spiro atoms. The molecule has 166 valence electrons. The summed E-state index contributed by atoms with van der Waals surface area (Å²) in [6.45, 7) is 4.17. The van der Waals surface area contributed by atoms with Crippen molar-refractivity contribution in [3.05, 3.63) is 95.3 Å². The molecule has 1 aliphatic rings. The summed E-state index contributed by atoms with van der Waals surface area (Å²) >= 11 is 6.27. The number of fused-ring (bicyclic) bond motifs is 1. The number of rotatable bonds is 5. The minimum absolute atomic E-state index is 0.0255. The predicted molar refractivity (Wildman–Crippen MR) is 132 cm³/mol. The number of nitrogens with zero attached hydrogens (tertiary/aromatic N) is 4. The molecule has 3 heterocycles. The molecule has 1 aliphatic heterocycles. The normalized spacial score (nSPS) is 14.5. The molecule has 0 bridgehead atoms. The monoisotopic (exact) mass is 456 g/mol. The molecule has 0 atom stereocenters. The van der Waals surface area contributed by atoms with Gasteiger partial charge in [0.15, 0.2) is 0 Å². The molecule has 0 unspecified atom stereocenters. The Bertz CT molecular complexity index is 1260. The highest BCUT2D eigenvalue weighted by molar-refractivity contribution is 6.31. The Labute approximate surface area is 198 Å². The minimum Gasteiger partial charge on any atom is -0.336 e. The molecule has 2 aromatic carbocycles. The average molecular weight is 457 g/mol. The fourth-order valence-electron chi connectivity index (χ4n) is 4.31. The van der Waals surface area contributed by atoms with E-state index in [0.29, 0.717) is 23.7 Å². The van der Waals surface area contributed by atoms with Gasteiger partial charge in [-0.15, -0.1) is 0 Å². The first-order valence-corrected chi connectivity index (χ1v) is 11.6. The average Bonchev–Trinajstić information content (AvgIpc) is 2.88. The van der Waals surface area contributed by atoms with Crippen LogP contribution in [-0.4, -0.2) is 58.4 Å². The minimum atomic E-state index is 0.0255. The fraction of sp³-hybridized carbons (Fsp3) is 0.222. The highest BCUT2D eigenvalue weighted by atomic mass is 35.5. The third-order valence-corrected chi connectivity index (χ3v) is 6.41. The van der Waals surface area contributed by atoms with Crippen molar-refractivity contribution in [1.29, 1.82) is 0 Å². The van der Waals surface area contributed by atoms with Crippen LogP contribution in [0, 0.1) is 0 Å². The van der Waals surface area contributed by atoms with Gasteiger partial charge in [0.05, 0.1) is 16.8 Å². The molecule has 0 radical (unpaired) electrons. The van der Waals surface area contributed by atoms with E-state index in [1.165, 1.54) is 5.56 Å². The maximum atomic E-state index is 13.6. The summed E-state index contributed by atoms with van der Waals surface area (Å²) in [5, 5.41) is 1.38. The SMILES string of the molecule is O=C(c1cc(-c2cccnc2)nc2ccc(Cl)cc12)N1CCN(CCc2ccccc2)CC1. The smallest absolute Gasteiger partial charge is 0.254 e. The zero-order valence-electron chi connectivity index (χ0n) is 18.3. The Hall–Kier alpha value is -3.28. The molecule has 6 heteroatoms. The molecule has 1 saturated heterocycles. The molecule has 5 rings (SSSR count). The van der Waals surface area contributed by atoms with Crippen molar-refractivity contribution in [3.8, 4) is 11.3 Å². The number of carbonyl (C=O) groups is 1. The summed E-state index contributed by atoms with van der Waals surface area (Å²) in [7, 11) is 0. The van der Waals surface area contributed by atoms with Crippen LogP contribution in [0.5, 0.6) is 0 Å². The van der Waals surface area contributed by atoms with Gasteiger partial charge >= 0.3 is 0 Å². The van der Waals surface area contributed by atoms with Gasteiger partial charge in [-0.3, -0.25) is 14.7 Å². The second kappa shape index (κ2) is 9.69. The first-order valence-electron chi connectivity index (χ1n) is 11.2. The topological polar surface area (TPSA) is 49.3 Å². The van der Waals surface area contributed by atoms with Gasteiger partial charge in [0.25, 0.3) is 5.91 Å². The van der Waals surface area contributed by atoms with Crippen LogP contribution < -0.4 is 0 Å². The Morgan fingerprint density at radius 1 is 0.939 bits per heavy atom. The van der Waals surface area contributed by atoms with Gasteiger partial charge in [-0.1, -0.05) is 41.9 Å². The van der Waals surface area contributed by atoms with Crippen LogP contribution in [0.4, 0.5) is 0 Å². The quantitative estimate of drug-likeness (QED) is 0.426. The largest absolute Gasteiger partial charge is 0.336 e. The molecule has 4 aromatic rings. The van der Waals surface area contributed by atoms with E-state index in [-0.39, 0.29) is 5.91 Å². The molecular formula is C27H25ClN4O. The van der Waals surface area contributed by atoms with Crippen molar-refractivity contribution in [1.82, 2.24) is 19.8 Å². The van der Waals surface area contributed by atoms with Crippen molar-refractivity contribution < 1.29 is 4.79 Å². The molecule has 0 aliphatic carbocycles. The van der Waals surface area contributed by atoms with E-state index in [1.807, 2.05) is 47.4 Å². The van der Waals surface area contributed by atoms with Gasteiger partial charge in [0, 0.05) is 61.1 Å². The number of carbonyl (C=O) groups excluding carboxylic acids is 1. The second-order valence-electron chi connectivity index (χ2n) is 8.33. The summed E-state index contributed by atoms with van der Waals surface area (Å²) in [5.74, 6) is 0.0255. The summed E-state index contributed by atoms with van der Waals surface area (Å²) < 4.78 is 0. The van der Waals surface area contributed by atoms with Crippen molar-refractivity contribution >= 4 is 28.4 Å². The lowest BCUT2D eigenvalue weighted by atomic mass is 10.0. The molecule has 2 aromatic heterocycles. The number of hydrogen-bond acceptors (Lipinski definition) is 4. The maximum Gasteiger partial charge on any atom is 0.254 e. The van der Waals surface area contributed by atoms with Crippen LogP contribution in [0.2, 0.25) is 5.02 Å². The Morgan fingerprint density at radius 3 is 2.52 bits per heavy atom. The third kappa shape index (κ3) is 4.90. The zero-order valence-corrected chi connectivity index (χ0v) is 19.1. The second-order valence-corrected chi connectivity index (χ2v) is 8.76. The maximum absolute atomic E-state index is 13.6. The highest BCUT2D eigenvalue weighted by Crippen LogP contribution is 2.28. The van der Waals surface area contributed by atoms with Gasteiger partial charge in [-0.2, -0.15) is 0 Å². The first kappa shape index (κ1) is 21.6. The number of piperazine rings is 1. The molecule has 5 nitrogen and oxygen atoms in total. The van der Waals surface area contributed by atoms with E-state index in [4.69, 9.17) is 16.6 Å². The summed E-state index contributed by atoms with van der Waals surface area (Å²) in [6, 6.07) is 21.8. The fourth-order valence-corrected chi connectivity index (χ4v) is 4.49. The van der Waals surface area contributed by atoms with Gasteiger partial charge < -0.3 is 4.90 Å². The standard InChI is InChI=1S/C27H25ClN4O/c28-22-8-9-25-23(17-22)24(18-26(30-25)21-7-4-11-29-19-21)27(33)32-15-13-31(14-16-32)12-10-20-5-2-1-3-6-20/h1-9,11,17-19H,10,12-16H2. The van der Waals surface area contributed by atoms with Crippen LogP contribution >= 0.6 is 11.6 Å². The van der Waals surface area contributed by atoms with Gasteiger partial charge in [0.1, 0.15) is 0 Å². The third-order valence-electron chi connectivity index (χ3n) is 6.18. The van der Waals surface area contributed by atoms with Crippen LogP contribution in [0.1, 0.15) is 15.9 Å². The number of amides is 1. The van der Waals surface area contributed by atoms with Gasteiger partial charge in [-0.05, 0) is 48.4 Å². The van der Waals surface area contributed by atoms with E-state index in [9.17, 15) is 4.79 Å². The van der Waals surface area contributed by atoms with Crippen LogP contribution in [0.3, 0.4) is 0 Å². The lowest BCUT2D eigenvalue weighted by molar-refractivity contribution is 0.0640. The first-order chi connectivity index (χ1) is 16.2. The van der Waals surface area contributed by atoms with E-state index in [0.717, 1.165) is 48.2 Å². The number of benzene rings is 2.